The number of nitrogen functional groups attached to an aromatic ring is 1. The number of amides is 1. The van der Waals surface area contributed by atoms with Crippen molar-refractivity contribution in [3.05, 3.63) is 47.8 Å². The summed E-state index contributed by atoms with van der Waals surface area (Å²) < 4.78 is 31.7. The number of pyridine rings is 1. The van der Waals surface area contributed by atoms with Crippen LogP contribution in [0, 0.1) is 11.6 Å². The second-order valence-corrected chi connectivity index (χ2v) is 3.62. The zero-order chi connectivity index (χ0) is 14.0. The van der Waals surface area contributed by atoms with Gasteiger partial charge in [0.2, 0.25) is 5.82 Å². The molecule has 0 saturated heterocycles. The Morgan fingerprint density at radius 3 is 2.68 bits per heavy atom. The summed E-state index contributed by atoms with van der Waals surface area (Å²) in [7, 11) is 0. The summed E-state index contributed by atoms with van der Waals surface area (Å²) in [6, 6.07) is 4.62. The number of carbonyl (C=O) groups is 1. The van der Waals surface area contributed by atoms with Crippen LogP contribution < -0.4 is 16.2 Å². The van der Waals surface area contributed by atoms with Crippen LogP contribution >= 0.6 is 0 Å². The number of carbonyl (C=O) groups excluding carboxylic acids is 1. The number of benzene rings is 1. The molecule has 1 heterocycles. The minimum Gasteiger partial charge on any atom is -0.452 e. The molecule has 0 bridgehead atoms. The quantitative estimate of drug-likeness (QED) is 0.828. The number of rotatable bonds is 3. The molecule has 4 N–H and O–H groups in total. The second kappa shape index (κ2) is 4.89. The first-order valence-corrected chi connectivity index (χ1v) is 5.16. The highest BCUT2D eigenvalue weighted by atomic mass is 19.2. The third-order valence-corrected chi connectivity index (χ3v) is 2.28. The predicted molar refractivity (Wildman–Crippen MR) is 63.6 cm³/mol. The van der Waals surface area contributed by atoms with Gasteiger partial charge in [0, 0.05) is 12.3 Å². The van der Waals surface area contributed by atoms with Gasteiger partial charge in [-0.3, -0.25) is 9.78 Å². The molecule has 1 aromatic heterocycles. The molecule has 19 heavy (non-hydrogen) atoms. The highest BCUT2D eigenvalue weighted by Gasteiger charge is 2.15. The summed E-state index contributed by atoms with van der Waals surface area (Å²) in [5, 5.41) is 0. The van der Waals surface area contributed by atoms with E-state index >= 15 is 0 Å². The number of hydrogen-bond acceptors (Lipinski definition) is 4. The van der Waals surface area contributed by atoms with Crippen LogP contribution in [0.2, 0.25) is 0 Å². The molecule has 0 fully saturated rings. The summed E-state index contributed by atoms with van der Waals surface area (Å²) in [5.74, 6) is -3.45. The van der Waals surface area contributed by atoms with Gasteiger partial charge in [-0.2, -0.15) is 4.39 Å². The second-order valence-electron chi connectivity index (χ2n) is 3.62. The van der Waals surface area contributed by atoms with Crippen molar-refractivity contribution in [2.45, 2.75) is 0 Å². The van der Waals surface area contributed by atoms with Crippen LogP contribution in [-0.4, -0.2) is 10.9 Å². The van der Waals surface area contributed by atoms with Crippen molar-refractivity contribution in [2.75, 3.05) is 5.73 Å². The van der Waals surface area contributed by atoms with E-state index in [2.05, 4.69) is 4.98 Å². The summed E-state index contributed by atoms with van der Waals surface area (Å²) >= 11 is 0. The molecule has 0 unspecified atom stereocenters. The van der Waals surface area contributed by atoms with E-state index in [0.29, 0.717) is 0 Å². The lowest BCUT2D eigenvalue weighted by Gasteiger charge is -2.10. The summed E-state index contributed by atoms with van der Waals surface area (Å²) in [4.78, 5) is 14.6. The Bertz CT molecular complexity index is 647. The van der Waals surface area contributed by atoms with E-state index in [1.807, 2.05) is 0 Å². The lowest BCUT2D eigenvalue weighted by atomic mass is 10.2. The lowest BCUT2D eigenvalue weighted by molar-refractivity contribution is 0.0995. The molecule has 2 rings (SSSR count). The number of hydrogen-bond donors (Lipinski definition) is 2. The Hall–Kier alpha value is -2.70. The molecule has 0 aliphatic rings. The van der Waals surface area contributed by atoms with Gasteiger partial charge in [0.15, 0.2) is 11.6 Å². The molecule has 0 aliphatic heterocycles. The fourth-order valence-corrected chi connectivity index (χ4v) is 1.38. The van der Waals surface area contributed by atoms with Crippen molar-refractivity contribution < 1.29 is 18.3 Å². The predicted octanol–water partition coefficient (Wildman–Crippen LogP) is 1.83. The first-order valence-electron chi connectivity index (χ1n) is 5.16. The molecule has 1 amide bonds. The monoisotopic (exact) mass is 265 g/mol. The van der Waals surface area contributed by atoms with Crippen LogP contribution in [0.1, 0.15) is 10.5 Å². The van der Waals surface area contributed by atoms with Crippen LogP contribution in [0.4, 0.5) is 14.5 Å². The Balaban J connectivity index is 2.39. The average molecular weight is 265 g/mol. The van der Waals surface area contributed by atoms with Crippen molar-refractivity contribution in [1.82, 2.24) is 4.98 Å². The van der Waals surface area contributed by atoms with Gasteiger partial charge in [0.25, 0.3) is 5.91 Å². The van der Waals surface area contributed by atoms with Crippen molar-refractivity contribution in [3.8, 4) is 11.5 Å². The van der Waals surface area contributed by atoms with Gasteiger partial charge in [-0.25, -0.2) is 4.39 Å². The van der Waals surface area contributed by atoms with Crippen molar-refractivity contribution in [1.29, 1.82) is 0 Å². The van der Waals surface area contributed by atoms with E-state index in [0.717, 1.165) is 6.07 Å². The van der Waals surface area contributed by atoms with Crippen LogP contribution in [0.15, 0.2) is 30.5 Å². The molecule has 1 aromatic carbocycles. The molecule has 0 spiro atoms. The normalized spacial score (nSPS) is 10.2. The molecule has 2 aromatic rings. The standard InChI is InChI=1S/C12H9F2N3O2/c13-7-1-2-8(15)11(10(7)14)19-6-3-4-17-9(5-6)12(16)18/h1-5H,15H2,(H2,16,18). The van der Waals surface area contributed by atoms with Gasteiger partial charge < -0.3 is 16.2 Å². The Labute approximate surface area is 106 Å². The van der Waals surface area contributed by atoms with E-state index < -0.39 is 23.3 Å². The first kappa shape index (κ1) is 12.7. The minimum atomic E-state index is -1.21. The largest absolute Gasteiger partial charge is 0.452 e. The first-order chi connectivity index (χ1) is 8.99. The van der Waals surface area contributed by atoms with E-state index in [1.54, 1.807) is 0 Å². The maximum atomic E-state index is 13.5. The summed E-state index contributed by atoms with van der Waals surface area (Å²) in [6.45, 7) is 0. The van der Waals surface area contributed by atoms with Gasteiger partial charge in [0.05, 0.1) is 5.69 Å². The van der Waals surface area contributed by atoms with Crippen LogP contribution in [-0.2, 0) is 0 Å². The van der Waals surface area contributed by atoms with Gasteiger partial charge in [0.1, 0.15) is 11.4 Å². The molecular formula is C12H9F2N3O2. The number of anilines is 1. The third kappa shape index (κ3) is 2.59. The SMILES string of the molecule is NC(=O)c1cc(Oc2c(N)ccc(F)c2F)ccn1. The van der Waals surface area contributed by atoms with Gasteiger partial charge in [-0.1, -0.05) is 0 Å². The molecule has 0 radical (unpaired) electrons. The van der Waals surface area contributed by atoms with E-state index in [1.165, 1.54) is 24.4 Å². The third-order valence-electron chi connectivity index (χ3n) is 2.28. The van der Waals surface area contributed by atoms with E-state index in [-0.39, 0.29) is 17.1 Å². The Kier molecular flexibility index (Phi) is 3.28. The highest BCUT2D eigenvalue weighted by Crippen LogP contribution is 2.31. The zero-order valence-electron chi connectivity index (χ0n) is 9.56. The Morgan fingerprint density at radius 1 is 1.26 bits per heavy atom. The number of nitrogens with two attached hydrogens (primary N) is 2. The fourth-order valence-electron chi connectivity index (χ4n) is 1.38. The van der Waals surface area contributed by atoms with Crippen molar-refractivity contribution in [3.63, 3.8) is 0 Å². The number of aromatic nitrogens is 1. The van der Waals surface area contributed by atoms with Gasteiger partial charge >= 0.3 is 0 Å². The molecule has 0 atom stereocenters. The van der Waals surface area contributed by atoms with Crippen LogP contribution in [0.5, 0.6) is 11.5 Å². The van der Waals surface area contributed by atoms with Gasteiger partial charge in [-0.15, -0.1) is 0 Å². The molecule has 7 heteroatoms. The lowest BCUT2D eigenvalue weighted by Crippen LogP contribution is -2.12. The molecule has 98 valence electrons. The topological polar surface area (TPSA) is 91.2 Å². The Morgan fingerprint density at radius 2 is 2.00 bits per heavy atom. The number of ether oxygens (including phenoxy) is 1. The van der Waals surface area contributed by atoms with Gasteiger partial charge in [-0.05, 0) is 18.2 Å². The van der Waals surface area contributed by atoms with Crippen LogP contribution in [0.3, 0.4) is 0 Å². The van der Waals surface area contributed by atoms with Crippen molar-refractivity contribution in [2.24, 2.45) is 5.73 Å². The molecule has 5 nitrogen and oxygen atoms in total. The van der Waals surface area contributed by atoms with E-state index in [9.17, 15) is 13.6 Å². The number of primary amides is 1. The summed E-state index contributed by atoms with van der Waals surface area (Å²) in [5.41, 5.74) is 10.4. The molecule has 0 aliphatic carbocycles. The highest BCUT2D eigenvalue weighted by molar-refractivity contribution is 5.91. The van der Waals surface area contributed by atoms with Crippen molar-refractivity contribution >= 4 is 11.6 Å². The fraction of sp³-hybridized carbons (Fsp3) is 0. The number of halogens is 2. The maximum Gasteiger partial charge on any atom is 0.267 e. The van der Waals surface area contributed by atoms with E-state index in [4.69, 9.17) is 16.2 Å². The minimum absolute atomic E-state index is 0.0621. The average Bonchev–Trinajstić information content (AvgIpc) is 2.39. The number of nitrogens with zero attached hydrogens (tertiary/aromatic N) is 1. The summed E-state index contributed by atoms with van der Waals surface area (Å²) in [6.07, 6.45) is 1.25. The maximum absolute atomic E-state index is 13.5. The smallest absolute Gasteiger partial charge is 0.267 e. The zero-order valence-corrected chi connectivity index (χ0v) is 9.56. The molecule has 0 saturated carbocycles. The van der Waals surface area contributed by atoms with Crippen LogP contribution in [0.25, 0.3) is 0 Å². The molecular weight excluding hydrogens is 256 g/mol.